The van der Waals surface area contributed by atoms with Gasteiger partial charge in [0.25, 0.3) is 0 Å². The molecule has 0 aliphatic heterocycles. The van der Waals surface area contributed by atoms with Gasteiger partial charge in [-0.05, 0) is 25.0 Å². The fraction of sp³-hybridized carbons (Fsp3) is 0.214. The molecule has 0 unspecified atom stereocenters. The molecule has 82 valence electrons. The van der Waals surface area contributed by atoms with E-state index in [2.05, 4.69) is 6.58 Å². The van der Waals surface area contributed by atoms with Crippen LogP contribution in [0.5, 0.6) is 0 Å². The lowest BCUT2D eigenvalue weighted by Gasteiger charge is -1.85. The topological polar surface area (TPSA) is 17.1 Å². The van der Waals surface area contributed by atoms with Crippen molar-refractivity contribution in [2.24, 2.45) is 0 Å². The van der Waals surface area contributed by atoms with Crippen molar-refractivity contribution in [1.29, 1.82) is 0 Å². The molecule has 15 heavy (non-hydrogen) atoms. The molecule has 0 atom stereocenters. The van der Waals surface area contributed by atoms with Crippen LogP contribution in [0, 0.1) is 0 Å². The van der Waals surface area contributed by atoms with E-state index in [0.717, 1.165) is 11.9 Å². The van der Waals surface area contributed by atoms with E-state index in [0.29, 0.717) is 0 Å². The van der Waals surface area contributed by atoms with E-state index in [9.17, 15) is 4.79 Å². The van der Waals surface area contributed by atoms with Crippen molar-refractivity contribution in [3.63, 3.8) is 0 Å². The average Bonchev–Trinajstić information content (AvgIpc) is 2.30. The summed E-state index contributed by atoms with van der Waals surface area (Å²) in [6, 6.07) is 10.0. The van der Waals surface area contributed by atoms with Crippen LogP contribution in [0.1, 0.15) is 26.8 Å². The Labute approximate surface area is 93.1 Å². The molecular formula is C14H20O. The molecule has 1 aromatic rings. The molecule has 0 aromatic heterocycles. The first-order chi connectivity index (χ1) is 6.74. The third kappa shape index (κ3) is 8.69. The maximum absolute atomic E-state index is 9.67. The average molecular weight is 204 g/mol. The lowest BCUT2D eigenvalue weighted by molar-refractivity contribution is -0.104. The molecule has 0 N–H and O–H groups in total. The van der Waals surface area contributed by atoms with Gasteiger partial charge in [-0.15, -0.1) is 0 Å². The summed E-state index contributed by atoms with van der Waals surface area (Å²) in [6.45, 7) is 7.24. The third-order valence-corrected chi connectivity index (χ3v) is 1.68. The standard InChI is InChI=1S/C8H8.C5H8O.CH4/c1-2-8-6-4-3-5-7-8;1-3-5(2)4-6;/h2-7H,1H2;3-4H,1-2H3;1H4/b;5-3-;. The molecule has 1 heteroatoms. The Bertz CT molecular complexity index is 296. The molecule has 0 saturated carbocycles. The van der Waals surface area contributed by atoms with E-state index in [1.807, 2.05) is 43.3 Å². The molecule has 0 saturated heterocycles. The number of hydrogen-bond acceptors (Lipinski definition) is 1. The van der Waals surface area contributed by atoms with E-state index in [-0.39, 0.29) is 7.43 Å². The molecule has 0 spiro atoms. The Balaban J connectivity index is 0. The molecule has 1 aromatic carbocycles. The second-order valence-electron chi connectivity index (χ2n) is 2.77. The second kappa shape index (κ2) is 10.5. The van der Waals surface area contributed by atoms with Crippen LogP contribution in [0.25, 0.3) is 6.08 Å². The van der Waals surface area contributed by atoms with Crippen molar-refractivity contribution in [2.45, 2.75) is 21.3 Å². The highest BCUT2D eigenvalue weighted by Crippen LogP contribution is 1.97. The van der Waals surface area contributed by atoms with Gasteiger partial charge < -0.3 is 0 Å². The highest BCUT2D eigenvalue weighted by Gasteiger charge is 1.75. The van der Waals surface area contributed by atoms with Gasteiger partial charge in [-0.3, -0.25) is 4.79 Å². The Morgan fingerprint density at radius 2 is 1.80 bits per heavy atom. The van der Waals surface area contributed by atoms with Gasteiger partial charge in [0.05, 0.1) is 0 Å². The molecule has 0 aliphatic carbocycles. The van der Waals surface area contributed by atoms with Crippen LogP contribution in [0.15, 0.2) is 48.6 Å². The second-order valence-corrected chi connectivity index (χ2v) is 2.77. The maximum Gasteiger partial charge on any atom is 0.145 e. The smallest absolute Gasteiger partial charge is 0.145 e. The van der Waals surface area contributed by atoms with Crippen LogP contribution >= 0.6 is 0 Å². The van der Waals surface area contributed by atoms with Gasteiger partial charge in [0, 0.05) is 0 Å². The summed E-state index contributed by atoms with van der Waals surface area (Å²) < 4.78 is 0. The summed E-state index contributed by atoms with van der Waals surface area (Å²) in [6.07, 6.45) is 4.44. The highest BCUT2D eigenvalue weighted by atomic mass is 16.1. The minimum Gasteiger partial charge on any atom is -0.298 e. The van der Waals surface area contributed by atoms with Gasteiger partial charge in [-0.1, -0.05) is 56.5 Å². The number of benzene rings is 1. The van der Waals surface area contributed by atoms with Gasteiger partial charge in [0.1, 0.15) is 6.29 Å². The number of carbonyl (C=O) groups is 1. The summed E-state index contributed by atoms with van der Waals surface area (Å²) in [4.78, 5) is 9.67. The van der Waals surface area contributed by atoms with Gasteiger partial charge in [-0.2, -0.15) is 0 Å². The quantitative estimate of drug-likeness (QED) is 0.523. The van der Waals surface area contributed by atoms with Crippen LogP contribution in [-0.2, 0) is 4.79 Å². The molecule has 0 bridgehead atoms. The highest BCUT2D eigenvalue weighted by molar-refractivity contribution is 5.71. The maximum atomic E-state index is 9.67. The molecular weight excluding hydrogens is 184 g/mol. The first kappa shape index (κ1) is 15.8. The van der Waals surface area contributed by atoms with Crippen molar-refractivity contribution < 1.29 is 4.79 Å². The normalized spacial score (nSPS) is 9.07. The molecule has 0 amide bonds. The fourth-order valence-corrected chi connectivity index (χ4v) is 0.657. The van der Waals surface area contributed by atoms with Crippen LogP contribution in [0.3, 0.4) is 0 Å². The Kier molecular flexibility index (Phi) is 11.0. The zero-order chi connectivity index (χ0) is 10.8. The Hall–Kier alpha value is -1.63. The van der Waals surface area contributed by atoms with Gasteiger partial charge >= 0.3 is 0 Å². The molecule has 1 nitrogen and oxygen atoms in total. The van der Waals surface area contributed by atoms with E-state index in [1.165, 1.54) is 5.56 Å². The predicted octanol–water partition coefficient (Wildman–Crippen LogP) is 4.12. The molecule has 1 rings (SSSR count). The first-order valence-electron chi connectivity index (χ1n) is 4.50. The van der Waals surface area contributed by atoms with Crippen LogP contribution in [0.4, 0.5) is 0 Å². The third-order valence-electron chi connectivity index (χ3n) is 1.68. The number of allylic oxidation sites excluding steroid dienone is 2. The molecule has 0 radical (unpaired) electrons. The van der Waals surface area contributed by atoms with E-state index < -0.39 is 0 Å². The fourth-order valence-electron chi connectivity index (χ4n) is 0.657. The van der Waals surface area contributed by atoms with E-state index in [1.54, 1.807) is 13.0 Å². The van der Waals surface area contributed by atoms with Crippen molar-refractivity contribution in [3.05, 3.63) is 54.1 Å². The van der Waals surface area contributed by atoms with Gasteiger partial charge in [0.2, 0.25) is 0 Å². The Morgan fingerprint density at radius 1 is 1.27 bits per heavy atom. The molecule has 0 heterocycles. The summed E-state index contributed by atoms with van der Waals surface area (Å²) in [5, 5.41) is 0. The minimum atomic E-state index is 0. The number of rotatable bonds is 2. The zero-order valence-corrected chi connectivity index (χ0v) is 8.73. The lowest BCUT2D eigenvalue weighted by atomic mass is 10.2. The van der Waals surface area contributed by atoms with Crippen LogP contribution in [-0.4, -0.2) is 6.29 Å². The number of carbonyl (C=O) groups excluding carboxylic acids is 1. The first-order valence-corrected chi connectivity index (χ1v) is 4.50. The molecule has 0 fully saturated rings. The monoisotopic (exact) mass is 204 g/mol. The zero-order valence-electron chi connectivity index (χ0n) is 8.73. The number of aldehydes is 1. The van der Waals surface area contributed by atoms with Crippen molar-refractivity contribution in [2.75, 3.05) is 0 Å². The molecule has 0 aliphatic rings. The summed E-state index contributed by atoms with van der Waals surface area (Å²) in [7, 11) is 0. The summed E-state index contributed by atoms with van der Waals surface area (Å²) in [5.74, 6) is 0. The SMILES string of the molecule is C.C/C=C(/C)C=O.C=Cc1ccccc1. The Morgan fingerprint density at radius 3 is 2.00 bits per heavy atom. The lowest BCUT2D eigenvalue weighted by Crippen LogP contribution is -1.69. The summed E-state index contributed by atoms with van der Waals surface area (Å²) >= 11 is 0. The number of hydrogen-bond donors (Lipinski definition) is 0. The van der Waals surface area contributed by atoms with E-state index in [4.69, 9.17) is 0 Å². The van der Waals surface area contributed by atoms with Crippen molar-refractivity contribution in [1.82, 2.24) is 0 Å². The van der Waals surface area contributed by atoms with Crippen molar-refractivity contribution in [3.8, 4) is 0 Å². The van der Waals surface area contributed by atoms with Crippen LogP contribution < -0.4 is 0 Å². The van der Waals surface area contributed by atoms with Crippen molar-refractivity contribution >= 4 is 12.4 Å². The van der Waals surface area contributed by atoms with Gasteiger partial charge in [0.15, 0.2) is 0 Å². The van der Waals surface area contributed by atoms with Gasteiger partial charge in [-0.25, -0.2) is 0 Å². The minimum absolute atomic E-state index is 0. The summed E-state index contributed by atoms with van der Waals surface area (Å²) in [5.41, 5.74) is 1.96. The largest absolute Gasteiger partial charge is 0.298 e. The predicted molar refractivity (Wildman–Crippen MR) is 68.8 cm³/mol. The van der Waals surface area contributed by atoms with E-state index >= 15 is 0 Å². The van der Waals surface area contributed by atoms with Crippen LogP contribution in [0.2, 0.25) is 0 Å².